The highest BCUT2D eigenvalue weighted by Gasteiger charge is 2.56. The number of aromatic nitrogens is 1. The van der Waals surface area contributed by atoms with Crippen LogP contribution in [0.5, 0.6) is 0 Å². The molecule has 3 atom stereocenters. The molecule has 2 aliphatic heterocycles. The topological polar surface area (TPSA) is 88.5 Å². The lowest BCUT2D eigenvalue weighted by Crippen LogP contribution is -2.33. The molecule has 0 spiro atoms. The van der Waals surface area contributed by atoms with Crippen molar-refractivity contribution in [2.45, 2.75) is 29.7 Å². The van der Waals surface area contributed by atoms with Crippen LogP contribution in [0, 0.1) is 12.8 Å². The van der Waals surface area contributed by atoms with Gasteiger partial charge in [0.15, 0.2) is 0 Å². The number of thiazole rings is 1. The van der Waals surface area contributed by atoms with Crippen LogP contribution in [0.4, 0.5) is 11.4 Å². The standard InChI is InChI=1S/C29H22ClN3O4S2/c1-16-7-11-19(12-8-16)31-21(34)15-32-28-25(39-29(32)37)22(17-5-3-2-4-6-17)23-24(38-28)27(36)33(26(23)35)20-13-9-18(30)10-14-20/h2-14,22-24H,15H2,1H3,(H,31,34)/t22-,23?,24?/m0/s1. The molecular weight excluding hydrogens is 554 g/mol. The number of nitrogens with one attached hydrogen (secondary N) is 1. The maximum Gasteiger partial charge on any atom is 0.308 e. The smallest absolute Gasteiger partial charge is 0.308 e. The maximum atomic E-state index is 13.8. The molecule has 2 unspecified atom stereocenters. The van der Waals surface area contributed by atoms with Crippen LogP contribution in [0.3, 0.4) is 0 Å². The lowest BCUT2D eigenvalue weighted by Gasteiger charge is -2.30. The second-order valence-electron chi connectivity index (χ2n) is 9.48. The van der Waals surface area contributed by atoms with Crippen molar-refractivity contribution in [3.8, 4) is 0 Å². The van der Waals surface area contributed by atoms with Crippen LogP contribution in [0.15, 0.2) is 88.7 Å². The van der Waals surface area contributed by atoms with E-state index in [2.05, 4.69) is 5.32 Å². The first-order valence-electron chi connectivity index (χ1n) is 12.3. The molecule has 4 aromatic rings. The molecule has 1 fully saturated rings. The molecule has 0 radical (unpaired) electrons. The monoisotopic (exact) mass is 575 g/mol. The molecule has 6 rings (SSSR count). The van der Waals surface area contributed by atoms with Gasteiger partial charge >= 0.3 is 4.87 Å². The van der Waals surface area contributed by atoms with Crippen molar-refractivity contribution in [1.29, 1.82) is 0 Å². The minimum absolute atomic E-state index is 0.201. The molecule has 3 amide bonds. The van der Waals surface area contributed by atoms with E-state index in [1.807, 2.05) is 49.4 Å². The number of hydrogen-bond donors (Lipinski definition) is 1. The van der Waals surface area contributed by atoms with E-state index < -0.39 is 17.1 Å². The van der Waals surface area contributed by atoms with E-state index in [0.717, 1.165) is 22.5 Å². The number of carbonyl (C=O) groups excluding carboxylic acids is 3. The fourth-order valence-corrected chi connectivity index (χ4v) is 8.00. The molecule has 10 heteroatoms. The van der Waals surface area contributed by atoms with E-state index in [-0.39, 0.29) is 29.1 Å². The molecule has 39 heavy (non-hydrogen) atoms. The summed E-state index contributed by atoms with van der Waals surface area (Å²) in [5.74, 6) is -2.21. The number of carbonyl (C=O) groups is 3. The molecule has 7 nitrogen and oxygen atoms in total. The third-order valence-electron chi connectivity index (χ3n) is 6.93. The zero-order chi connectivity index (χ0) is 27.3. The Morgan fingerprint density at radius 2 is 1.62 bits per heavy atom. The van der Waals surface area contributed by atoms with Crippen molar-refractivity contribution in [2.24, 2.45) is 5.92 Å². The molecule has 3 aromatic carbocycles. The average molecular weight is 576 g/mol. The third-order valence-corrected chi connectivity index (χ3v) is 9.79. The van der Waals surface area contributed by atoms with Crippen molar-refractivity contribution in [3.63, 3.8) is 0 Å². The van der Waals surface area contributed by atoms with Crippen LogP contribution in [-0.4, -0.2) is 27.5 Å². The van der Waals surface area contributed by atoms with Crippen molar-refractivity contribution in [2.75, 3.05) is 10.2 Å². The minimum Gasteiger partial charge on any atom is -0.325 e. The number of imide groups is 1. The summed E-state index contributed by atoms with van der Waals surface area (Å²) in [4.78, 5) is 55.3. The van der Waals surface area contributed by atoms with Gasteiger partial charge in [0.05, 0.1) is 16.6 Å². The predicted molar refractivity (Wildman–Crippen MR) is 154 cm³/mol. The molecule has 0 saturated carbocycles. The fourth-order valence-electron chi connectivity index (χ4n) is 5.10. The predicted octanol–water partition coefficient (Wildman–Crippen LogP) is 5.31. The summed E-state index contributed by atoms with van der Waals surface area (Å²) in [5.41, 5.74) is 2.99. The third kappa shape index (κ3) is 4.60. The van der Waals surface area contributed by atoms with Crippen LogP contribution >= 0.6 is 34.7 Å². The van der Waals surface area contributed by atoms with Gasteiger partial charge in [0.1, 0.15) is 11.8 Å². The minimum atomic E-state index is -0.744. The summed E-state index contributed by atoms with van der Waals surface area (Å²) in [5, 5.41) is 3.15. The fraction of sp³-hybridized carbons (Fsp3) is 0.172. The second-order valence-corrected chi connectivity index (χ2v) is 12.0. The molecule has 2 aliphatic rings. The van der Waals surface area contributed by atoms with Crippen molar-refractivity contribution in [1.82, 2.24) is 4.57 Å². The molecule has 196 valence electrons. The molecule has 1 aromatic heterocycles. The number of amides is 3. The molecule has 0 bridgehead atoms. The van der Waals surface area contributed by atoms with Gasteiger partial charge in [0.25, 0.3) is 0 Å². The lowest BCUT2D eigenvalue weighted by atomic mass is 9.83. The molecule has 0 aliphatic carbocycles. The number of aryl methyl sites for hydroxylation is 1. The Bertz CT molecular complexity index is 1650. The first kappa shape index (κ1) is 25.6. The van der Waals surface area contributed by atoms with E-state index in [1.54, 1.807) is 36.4 Å². The van der Waals surface area contributed by atoms with Crippen molar-refractivity contribution >= 4 is 63.8 Å². The quantitative estimate of drug-likeness (QED) is 0.326. The normalized spacial score (nSPS) is 20.1. The Morgan fingerprint density at radius 3 is 2.31 bits per heavy atom. The van der Waals surface area contributed by atoms with Gasteiger partial charge in [-0.15, -0.1) is 0 Å². The molecule has 1 N–H and O–H groups in total. The Balaban J connectivity index is 1.39. The lowest BCUT2D eigenvalue weighted by molar-refractivity contribution is -0.122. The zero-order valence-corrected chi connectivity index (χ0v) is 23.1. The van der Waals surface area contributed by atoms with Gasteiger partial charge in [-0.05, 0) is 48.9 Å². The molecular formula is C29H22ClN3O4S2. The van der Waals surface area contributed by atoms with Gasteiger partial charge in [-0.25, -0.2) is 4.90 Å². The summed E-state index contributed by atoms with van der Waals surface area (Å²) in [6.07, 6.45) is 0. The van der Waals surface area contributed by atoms with Gasteiger partial charge in [0, 0.05) is 21.5 Å². The van der Waals surface area contributed by atoms with Gasteiger partial charge in [-0.1, -0.05) is 82.7 Å². The number of thioether (sulfide) groups is 1. The Morgan fingerprint density at radius 1 is 0.923 bits per heavy atom. The van der Waals surface area contributed by atoms with E-state index in [4.69, 9.17) is 11.6 Å². The Hall–Kier alpha value is -3.66. The van der Waals surface area contributed by atoms with E-state index >= 15 is 0 Å². The van der Waals surface area contributed by atoms with Crippen molar-refractivity contribution < 1.29 is 14.4 Å². The average Bonchev–Trinajstić information content (AvgIpc) is 3.37. The van der Waals surface area contributed by atoms with Gasteiger partial charge in [-0.3, -0.25) is 23.7 Å². The first-order valence-corrected chi connectivity index (χ1v) is 14.3. The van der Waals surface area contributed by atoms with Crippen molar-refractivity contribution in [3.05, 3.63) is 110 Å². The van der Waals surface area contributed by atoms with Gasteiger partial charge in [-0.2, -0.15) is 0 Å². The van der Waals surface area contributed by atoms with Gasteiger partial charge < -0.3 is 5.32 Å². The number of hydrogen-bond acceptors (Lipinski definition) is 6. The number of rotatable bonds is 5. The summed E-state index contributed by atoms with van der Waals surface area (Å²) in [6, 6.07) is 23.4. The largest absolute Gasteiger partial charge is 0.325 e. The summed E-state index contributed by atoms with van der Waals surface area (Å²) < 4.78 is 1.42. The van der Waals surface area contributed by atoms with Crippen LogP contribution in [-0.2, 0) is 20.9 Å². The zero-order valence-electron chi connectivity index (χ0n) is 20.7. The van der Waals surface area contributed by atoms with Crippen LogP contribution in [0.2, 0.25) is 5.02 Å². The number of anilines is 2. The van der Waals surface area contributed by atoms with E-state index in [1.165, 1.54) is 21.2 Å². The van der Waals surface area contributed by atoms with Crippen LogP contribution in [0.1, 0.15) is 21.9 Å². The SMILES string of the molecule is Cc1ccc(NC(=O)Cn2c3c(sc2=O)[C@@H](c2ccccc2)C2C(=O)N(c4ccc(Cl)cc4)C(=O)C2S3)cc1. The highest BCUT2D eigenvalue weighted by atomic mass is 35.5. The number of benzene rings is 3. The van der Waals surface area contributed by atoms with E-state index in [0.29, 0.717) is 26.3 Å². The van der Waals surface area contributed by atoms with Gasteiger partial charge in [0.2, 0.25) is 17.7 Å². The maximum absolute atomic E-state index is 13.8. The highest BCUT2D eigenvalue weighted by molar-refractivity contribution is 8.00. The van der Waals surface area contributed by atoms with Crippen LogP contribution in [0.25, 0.3) is 0 Å². The number of halogens is 1. The molecule has 1 saturated heterocycles. The van der Waals surface area contributed by atoms with Crippen LogP contribution < -0.4 is 15.1 Å². The number of fused-ring (bicyclic) bond motifs is 2. The Kier molecular flexibility index (Phi) is 6.66. The highest BCUT2D eigenvalue weighted by Crippen LogP contribution is 2.53. The molecule has 3 heterocycles. The summed E-state index contributed by atoms with van der Waals surface area (Å²) in [7, 11) is 0. The van der Waals surface area contributed by atoms with E-state index in [9.17, 15) is 19.2 Å². The number of nitrogens with zero attached hydrogens (tertiary/aromatic N) is 2. The first-order chi connectivity index (χ1) is 18.8. The second kappa shape index (κ2) is 10.1. The Labute approximate surface area is 237 Å². The summed E-state index contributed by atoms with van der Waals surface area (Å²) in [6.45, 7) is 1.76. The summed E-state index contributed by atoms with van der Waals surface area (Å²) >= 11 is 8.26.